The summed E-state index contributed by atoms with van der Waals surface area (Å²) >= 11 is 1.80. The molecule has 0 fully saturated rings. The molecule has 1 aromatic heterocycles. The second kappa shape index (κ2) is 9.33. The normalized spacial score (nSPS) is 13.5. The van der Waals surface area contributed by atoms with Crippen LogP contribution in [-0.4, -0.2) is 19.7 Å². The number of benzene rings is 3. The molecular formula is C27H25NO4S. The van der Waals surface area contributed by atoms with Crippen molar-refractivity contribution < 1.29 is 18.7 Å². The van der Waals surface area contributed by atoms with Gasteiger partial charge in [0.2, 0.25) is 0 Å². The minimum atomic E-state index is -0.267. The number of methoxy groups -OCH3 is 1. The summed E-state index contributed by atoms with van der Waals surface area (Å²) < 4.78 is 16.7. The van der Waals surface area contributed by atoms with E-state index in [1.807, 2.05) is 19.1 Å². The van der Waals surface area contributed by atoms with Gasteiger partial charge in [0.25, 0.3) is 0 Å². The van der Waals surface area contributed by atoms with Gasteiger partial charge in [-0.3, -0.25) is 4.79 Å². The topological polar surface area (TPSA) is 51.9 Å². The number of rotatable bonds is 7. The van der Waals surface area contributed by atoms with E-state index < -0.39 is 0 Å². The fourth-order valence-electron chi connectivity index (χ4n) is 4.07. The number of nitrogens with zero attached hydrogens (tertiary/aromatic N) is 1. The molecule has 0 saturated carbocycles. The fraction of sp³-hybridized carbons (Fsp3) is 0.222. The van der Waals surface area contributed by atoms with Crippen LogP contribution in [0.2, 0.25) is 0 Å². The first-order valence-corrected chi connectivity index (χ1v) is 11.8. The van der Waals surface area contributed by atoms with Gasteiger partial charge in [0, 0.05) is 15.2 Å². The number of carbonyl (C=O) groups is 1. The van der Waals surface area contributed by atoms with Crippen LogP contribution in [0.3, 0.4) is 0 Å². The molecule has 0 saturated heterocycles. The van der Waals surface area contributed by atoms with E-state index in [-0.39, 0.29) is 18.5 Å². The maximum absolute atomic E-state index is 11.3. The number of para-hydroxylation sites is 2. The maximum atomic E-state index is 11.3. The number of esters is 1. The van der Waals surface area contributed by atoms with Crippen molar-refractivity contribution in [2.75, 3.05) is 18.6 Å². The van der Waals surface area contributed by atoms with Gasteiger partial charge in [-0.1, -0.05) is 42.1 Å². The first kappa shape index (κ1) is 21.6. The third kappa shape index (κ3) is 4.49. The predicted octanol–water partition coefficient (Wildman–Crippen LogP) is 6.88. The van der Waals surface area contributed by atoms with Gasteiger partial charge in [0.1, 0.15) is 11.3 Å². The summed E-state index contributed by atoms with van der Waals surface area (Å²) in [6.07, 6.45) is 0.117. The van der Waals surface area contributed by atoms with E-state index in [2.05, 4.69) is 70.3 Å². The van der Waals surface area contributed by atoms with Crippen LogP contribution < -0.4 is 4.90 Å². The monoisotopic (exact) mass is 459 g/mol. The molecule has 2 heterocycles. The highest BCUT2D eigenvalue weighted by molar-refractivity contribution is 7.99. The van der Waals surface area contributed by atoms with Gasteiger partial charge in [-0.15, -0.1) is 0 Å². The Kier molecular flexibility index (Phi) is 6.11. The molecule has 1 unspecified atom stereocenters. The number of fused-ring (bicyclic) bond motifs is 3. The largest absolute Gasteiger partial charge is 0.469 e. The zero-order valence-electron chi connectivity index (χ0n) is 18.6. The van der Waals surface area contributed by atoms with Gasteiger partial charge in [-0.25, -0.2) is 0 Å². The Hall–Kier alpha value is -3.22. The third-order valence-corrected chi connectivity index (χ3v) is 6.94. The van der Waals surface area contributed by atoms with Crippen molar-refractivity contribution in [3.63, 3.8) is 0 Å². The van der Waals surface area contributed by atoms with Gasteiger partial charge < -0.3 is 18.8 Å². The summed E-state index contributed by atoms with van der Waals surface area (Å²) in [4.78, 5) is 16.1. The molecular weight excluding hydrogens is 434 g/mol. The van der Waals surface area contributed by atoms with Crippen LogP contribution in [0.5, 0.6) is 0 Å². The summed E-state index contributed by atoms with van der Waals surface area (Å²) in [5.74, 6) is 0.634. The second-order valence-electron chi connectivity index (χ2n) is 7.97. The molecule has 0 aliphatic carbocycles. The van der Waals surface area contributed by atoms with Gasteiger partial charge in [-0.2, -0.15) is 0 Å². The van der Waals surface area contributed by atoms with Crippen LogP contribution >= 0.6 is 11.8 Å². The minimum absolute atomic E-state index is 0.129. The van der Waals surface area contributed by atoms with Gasteiger partial charge in [-0.05, 0) is 55.0 Å². The standard InChI is InChI=1S/C27H25NO4S/c1-18(31-14-13-27(29)30-2)19-11-12-24-20(15-19)16-21(32-24)17-28-22-7-3-5-9-25(22)33-26-10-6-4-8-23(26)28/h3-12,15-16,18H,13-14,17H2,1-2H3. The van der Waals surface area contributed by atoms with Crippen molar-refractivity contribution in [2.24, 2.45) is 0 Å². The summed E-state index contributed by atoms with van der Waals surface area (Å²) in [6, 6.07) is 25.2. The van der Waals surface area contributed by atoms with Gasteiger partial charge >= 0.3 is 5.97 Å². The Bertz CT molecular complexity index is 1250. The van der Waals surface area contributed by atoms with E-state index in [1.54, 1.807) is 11.8 Å². The molecule has 1 aliphatic rings. The Morgan fingerprint density at radius 1 is 1.00 bits per heavy atom. The summed E-state index contributed by atoms with van der Waals surface area (Å²) in [6.45, 7) is 2.96. The molecule has 0 spiro atoms. The first-order chi connectivity index (χ1) is 16.1. The van der Waals surface area contributed by atoms with Crippen LogP contribution in [0.15, 0.2) is 87.0 Å². The third-order valence-electron chi connectivity index (χ3n) is 5.81. The van der Waals surface area contributed by atoms with E-state index in [0.717, 1.165) is 22.3 Å². The molecule has 6 heteroatoms. The van der Waals surface area contributed by atoms with E-state index in [4.69, 9.17) is 9.15 Å². The number of anilines is 2. The summed E-state index contributed by atoms with van der Waals surface area (Å²) in [5.41, 5.74) is 4.28. The zero-order valence-corrected chi connectivity index (χ0v) is 19.4. The summed E-state index contributed by atoms with van der Waals surface area (Å²) in [7, 11) is 1.39. The first-order valence-electron chi connectivity index (χ1n) is 11.0. The molecule has 3 aromatic carbocycles. The fourth-order valence-corrected chi connectivity index (χ4v) is 5.17. The SMILES string of the molecule is COC(=O)CCOC(C)c1ccc2oc(CN3c4ccccc4Sc4ccccc43)cc2c1. The quantitative estimate of drug-likeness (QED) is 0.281. The predicted molar refractivity (Wildman–Crippen MR) is 130 cm³/mol. The van der Waals surface area contributed by atoms with E-state index in [0.29, 0.717) is 13.2 Å². The molecule has 0 amide bonds. The smallest absolute Gasteiger partial charge is 0.307 e. The Labute approximate surface area is 197 Å². The summed E-state index contributed by atoms with van der Waals surface area (Å²) in [5, 5.41) is 1.04. The van der Waals surface area contributed by atoms with Crippen LogP contribution in [0.4, 0.5) is 11.4 Å². The highest BCUT2D eigenvalue weighted by atomic mass is 32.2. The lowest BCUT2D eigenvalue weighted by molar-refractivity contribution is -0.142. The molecule has 168 valence electrons. The van der Waals surface area contributed by atoms with Gasteiger partial charge in [0.15, 0.2) is 0 Å². The molecule has 5 rings (SSSR count). The van der Waals surface area contributed by atoms with Crippen LogP contribution in [0, 0.1) is 0 Å². The highest BCUT2D eigenvalue weighted by Gasteiger charge is 2.24. The van der Waals surface area contributed by atoms with E-state index >= 15 is 0 Å². The Morgan fingerprint density at radius 3 is 2.39 bits per heavy atom. The molecule has 0 N–H and O–H groups in total. The molecule has 1 aliphatic heterocycles. The van der Waals surface area contributed by atoms with Crippen LogP contribution in [0.1, 0.15) is 30.8 Å². The van der Waals surface area contributed by atoms with Crippen LogP contribution in [-0.2, 0) is 20.8 Å². The molecule has 0 radical (unpaired) electrons. The second-order valence-corrected chi connectivity index (χ2v) is 9.06. The number of carbonyl (C=O) groups excluding carboxylic acids is 1. The zero-order chi connectivity index (χ0) is 22.8. The molecule has 4 aromatic rings. The average molecular weight is 460 g/mol. The molecule has 5 nitrogen and oxygen atoms in total. The number of ether oxygens (including phenoxy) is 2. The van der Waals surface area contributed by atoms with Crippen molar-refractivity contribution in [2.45, 2.75) is 35.8 Å². The van der Waals surface area contributed by atoms with Crippen molar-refractivity contribution in [3.05, 3.63) is 84.1 Å². The Morgan fingerprint density at radius 2 is 1.70 bits per heavy atom. The van der Waals surface area contributed by atoms with Crippen molar-refractivity contribution >= 4 is 40.1 Å². The van der Waals surface area contributed by atoms with Crippen LogP contribution in [0.25, 0.3) is 11.0 Å². The number of hydrogen-bond acceptors (Lipinski definition) is 6. The lowest BCUT2D eigenvalue weighted by atomic mass is 10.1. The van der Waals surface area contributed by atoms with Gasteiger partial charge in [0.05, 0.1) is 44.2 Å². The van der Waals surface area contributed by atoms with E-state index in [9.17, 15) is 4.79 Å². The number of furan rings is 1. The van der Waals surface area contributed by atoms with E-state index in [1.165, 1.54) is 28.3 Å². The molecule has 33 heavy (non-hydrogen) atoms. The maximum Gasteiger partial charge on any atom is 0.307 e. The van der Waals surface area contributed by atoms with Crippen molar-refractivity contribution in [3.8, 4) is 0 Å². The number of hydrogen-bond donors (Lipinski definition) is 0. The lowest BCUT2D eigenvalue weighted by Crippen LogP contribution is -2.19. The van der Waals surface area contributed by atoms with Crippen molar-refractivity contribution in [1.82, 2.24) is 0 Å². The lowest BCUT2D eigenvalue weighted by Gasteiger charge is -2.32. The average Bonchev–Trinajstić information content (AvgIpc) is 3.25. The Balaban J connectivity index is 1.38. The molecule has 1 atom stereocenters. The highest BCUT2D eigenvalue weighted by Crippen LogP contribution is 2.48. The van der Waals surface area contributed by atoms with Crippen molar-refractivity contribution in [1.29, 1.82) is 0 Å². The molecule has 0 bridgehead atoms. The minimum Gasteiger partial charge on any atom is -0.469 e.